The van der Waals surface area contributed by atoms with Gasteiger partial charge in [-0.2, -0.15) is 0 Å². The molecule has 2 atom stereocenters. The Labute approximate surface area is 335 Å². The molecule has 0 saturated heterocycles. The Morgan fingerprint density at radius 3 is 1.07 bits per heavy atom. The first-order valence-corrected chi connectivity index (χ1v) is 23.1. The molecule has 0 aromatic heterocycles. The average Bonchev–Trinajstić information content (AvgIpc) is 3.13. The van der Waals surface area contributed by atoms with Crippen molar-refractivity contribution in [1.82, 2.24) is 4.90 Å². The van der Waals surface area contributed by atoms with E-state index in [0.717, 1.165) is 67.1 Å². The molecule has 54 heavy (non-hydrogen) atoms. The van der Waals surface area contributed by atoms with Gasteiger partial charge in [-0.05, 0) is 69.3 Å². The average molecular weight is 756 g/mol. The maximum Gasteiger partial charge on any atom is 0.313 e. The van der Waals surface area contributed by atoms with E-state index in [1.165, 1.54) is 128 Å². The Balaban J connectivity index is 3.00. The minimum Gasteiger partial charge on any atom is -0.481 e. The van der Waals surface area contributed by atoms with E-state index < -0.39 is 22.8 Å². The van der Waals surface area contributed by atoms with Crippen LogP contribution in [0.3, 0.4) is 0 Å². The molecular weight excluding hydrogens is 667 g/mol. The van der Waals surface area contributed by atoms with E-state index >= 15 is 0 Å². The van der Waals surface area contributed by atoms with Gasteiger partial charge in [-0.1, -0.05) is 213 Å². The van der Waals surface area contributed by atoms with Crippen LogP contribution in [0.4, 0.5) is 0 Å². The smallest absolute Gasteiger partial charge is 0.313 e. The van der Waals surface area contributed by atoms with Crippen LogP contribution >= 0.6 is 0 Å². The molecule has 0 radical (unpaired) electrons. The van der Waals surface area contributed by atoms with Crippen molar-refractivity contribution in [3.8, 4) is 0 Å². The SMILES string of the molecule is CCCCCC(CCCCC)CCCCCCC(C)(C(=O)O)c1cc(CN(C)C)cc(C(C)(CCCCCCC(CCCCC)CCCCC)C(=O)O)c1. The minimum absolute atomic E-state index is 0.561. The van der Waals surface area contributed by atoms with Gasteiger partial charge in [0.25, 0.3) is 0 Å². The van der Waals surface area contributed by atoms with Crippen LogP contribution in [0, 0.1) is 11.8 Å². The van der Waals surface area contributed by atoms with E-state index in [2.05, 4.69) is 32.6 Å². The molecule has 5 nitrogen and oxygen atoms in total. The van der Waals surface area contributed by atoms with Gasteiger partial charge >= 0.3 is 11.9 Å². The lowest BCUT2D eigenvalue weighted by Gasteiger charge is -2.31. The quantitative estimate of drug-likeness (QED) is 0.0667. The third-order valence-corrected chi connectivity index (χ3v) is 12.7. The van der Waals surface area contributed by atoms with Gasteiger partial charge in [0, 0.05) is 6.54 Å². The van der Waals surface area contributed by atoms with Gasteiger partial charge in [0.1, 0.15) is 0 Å². The van der Waals surface area contributed by atoms with Crippen molar-refractivity contribution in [1.29, 1.82) is 0 Å². The largest absolute Gasteiger partial charge is 0.481 e. The van der Waals surface area contributed by atoms with E-state index in [-0.39, 0.29) is 0 Å². The van der Waals surface area contributed by atoms with E-state index in [4.69, 9.17) is 0 Å². The van der Waals surface area contributed by atoms with Crippen molar-refractivity contribution in [2.75, 3.05) is 14.1 Å². The van der Waals surface area contributed by atoms with Gasteiger partial charge in [-0.15, -0.1) is 0 Å². The summed E-state index contributed by atoms with van der Waals surface area (Å²) in [6, 6.07) is 6.01. The number of rotatable bonds is 36. The molecule has 0 heterocycles. The summed E-state index contributed by atoms with van der Waals surface area (Å²) < 4.78 is 0. The number of carbonyl (C=O) groups is 2. The summed E-state index contributed by atoms with van der Waals surface area (Å²) in [7, 11) is 4.02. The zero-order valence-electron chi connectivity index (χ0n) is 37.1. The number of aliphatic carboxylic acids is 2. The van der Waals surface area contributed by atoms with E-state index in [9.17, 15) is 19.8 Å². The summed E-state index contributed by atoms with van der Waals surface area (Å²) >= 11 is 0. The highest BCUT2D eigenvalue weighted by Crippen LogP contribution is 2.38. The van der Waals surface area contributed by atoms with Crippen molar-refractivity contribution in [2.45, 2.75) is 239 Å². The molecule has 0 bridgehead atoms. The number of benzene rings is 1. The lowest BCUT2D eigenvalue weighted by molar-refractivity contribution is -0.144. The van der Waals surface area contributed by atoms with E-state index in [0.29, 0.717) is 19.4 Å². The van der Waals surface area contributed by atoms with E-state index in [1.54, 1.807) is 0 Å². The molecule has 0 aliphatic heterocycles. The molecule has 0 spiro atoms. The monoisotopic (exact) mass is 756 g/mol. The Hall–Kier alpha value is -1.88. The standard InChI is InChI=1S/C49H89NO4/c1-9-13-21-29-41(30-22-14-10-2)33-25-17-19-27-35-48(5,46(51)52)44-37-43(40-50(7)8)38-45(39-44)49(6,47(53)54)36-28-20-18-26-34-42(31-23-15-11-3)32-24-16-12-4/h37-39,41-42H,9-36,40H2,1-8H3,(H,51,52)(H,53,54). The summed E-state index contributed by atoms with van der Waals surface area (Å²) in [5.74, 6) is 0.0350. The molecule has 2 N–H and O–H groups in total. The molecular formula is C49H89NO4. The van der Waals surface area contributed by atoms with Crippen LogP contribution in [-0.2, 0) is 27.0 Å². The first kappa shape index (κ1) is 50.1. The number of nitrogens with zero attached hydrogens (tertiary/aromatic N) is 1. The second-order valence-electron chi connectivity index (χ2n) is 18.1. The number of unbranched alkanes of at least 4 members (excludes halogenated alkanes) is 14. The van der Waals surface area contributed by atoms with Crippen molar-refractivity contribution in [3.05, 3.63) is 34.9 Å². The summed E-state index contributed by atoms with van der Waals surface area (Å²) in [4.78, 5) is 28.2. The van der Waals surface area contributed by atoms with E-state index in [1.807, 2.05) is 46.1 Å². The van der Waals surface area contributed by atoms with Crippen LogP contribution in [0.25, 0.3) is 0 Å². The Bertz CT molecular complexity index is 1020. The Morgan fingerprint density at radius 1 is 0.500 bits per heavy atom. The van der Waals surface area contributed by atoms with Gasteiger partial charge in [0.15, 0.2) is 0 Å². The van der Waals surface area contributed by atoms with Crippen molar-refractivity contribution < 1.29 is 19.8 Å². The first-order valence-electron chi connectivity index (χ1n) is 23.1. The van der Waals surface area contributed by atoms with Crippen LogP contribution in [0.1, 0.15) is 238 Å². The zero-order chi connectivity index (χ0) is 40.2. The number of hydrogen-bond acceptors (Lipinski definition) is 3. The summed E-state index contributed by atoms with van der Waals surface area (Å²) in [6.45, 7) is 13.5. The number of carboxylic acid groups (broad SMARTS) is 2. The predicted octanol–water partition coefficient (Wildman–Crippen LogP) is 14.7. The molecule has 1 aromatic rings. The molecule has 1 aromatic carbocycles. The molecule has 0 saturated carbocycles. The summed E-state index contributed by atoms with van der Waals surface area (Å²) in [6.07, 6.45) is 33.5. The third-order valence-electron chi connectivity index (χ3n) is 12.7. The normalized spacial score (nSPS) is 14.2. The molecule has 1 rings (SSSR count). The molecule has 0 aliphatic carbocycles. The predicted molar refractivity (Wildman–Crippen MR) is 233 cm³/mol. The molecule has 314 valence electrons. The van der Waals surface area contributed by atoms with Crippen molar-refractivity contribution >= 4 is 11.9 Å². The number of hydrogen-bond donors (Lipinski definition) is 2. The van der Waals surface area contributed by atoms with Crippen LogP contribution in [0.15, 0.2) is 18.2 Å². The molecule has 0 aliphatic rings. The molecule has 5 heteroatoms. The Kier molecular flexibility index (Phi) is 27.3. The van der Waals surface area contributed by atoms with Gasteiger partial charge in [0.2, 0.25) is 0 Å². The molecule has 0 amide bonds. The highest BCUT2D eigenvalue weighted by Gasteiger charge is 2.39. The minimum atomic E-state index is -1.07. The molecule has 0 fully saturated rings. The highest BCUT2D eigenvalue weighted by atomic mass is 16.4. The van der Waals surface area contributed by atoms with Crippen LogP contribution in [-0.4, -0.2) is 41.1 Å². The zero-order valence-corrected chi connectivity index (χ0v) is 37.1. The highest BCUT2D eigenvalue weighted by molar-refractivity contribution is 5.83. The maximum absolute atomic E-state index is 13.1. The fraction of sp³-hybridized carbons (Fsp3) is 0.837. The van der Waals surface area contributed by atoms with Crippen molar-refractivity contribution in [2.24, 2.45) is 11.8 Å². The van der Waals surface area contributed by atoms with Crippen LogP contribution in [0.2, 0.25) is 0 Å². The lowest BCUT2D eigenvalue weighted by atomic mass is 9.72. The second-order valence-corrected chi connectivity index (χ2v) is 18.1. The Morgan fingerprint density at radius 2 is 0.796 bits per heavy atom. The van der Waals surface area contributed by atoms with Gasteiger partial charge in [-0.3, -0.25) is 9.59 Å². The molecule has 2 unspecified atom stereocenters. The van der Waals surface area contributed by atoms with Crippen LogP contribution < -0.4 is 0 Å². The van der Waals surface area contributed by atoms with Gasteiger partial charge < -0.3 is 15.1 Å². The van der Waals surface area contributed by atoms with Crippen LogP contribution in [0.5, 0.6) is 0 Å². The third kappa shape index (κ3) is 19.8. The lowest BCUT2D eigenvalue weighted by Crippen LogP contribution is -2.36. The fourth-order valence-electron chi connectivity index (χ4n) is 8.66. The summed E-state index contributed by atoms with van der Waals surface area (Å²) in [5, 5.41) is 21.4. The van der Waals surface area contributed by atoms with Gasteiger partial charge in [0.05, 0.1) is 10.8 Å². The topological polar surface area (TPSA) is 77.8 Å². The maximum atomic E-state index is 13.1. The van der Waals surface area contributed by atoms with Crippen molar-refractivity contribution in [3.63, 3.8) is 0 Å². The second kappa shape index (κ2) is 29.4. The summed E-state index contributed by atoms with van der Waals surface area (Å²) in [5.41, 5.74) is 0.359. The fourth-order valence-corrected chi connectivity index (χ4v) is 8.66. The van der Waals surface area contributed by atoms with Gasteiger partial charge in [-0.25, -0.2) is 0 Å². The number of carboxylic acids is 2. The first-order chi connectivity index (χ1) is 25.9.